The summed E-state index contributed by atoms with van der Waals surface area (Å²) in [5.41, 5.74) is 0. The number of carbonyl (C=O) groups excluding carboxylic acids is 2. The third-order valence-electron chi connectivity index (χ3n) is 2.54. The van der Waals surface area contributed by atoms with E-state index in [1.54, 1.807) is 6.92 Å². The topological polar surface area (TPSA) is 69.8 Å². The van der Waals surface area contributed by atoms with Crippen LogP contribution in [0, 0.1) is 0 Å². The predicted molar refractivity (Wildman–Crippen MR) is 68.4 cm³/mol. The number of ether oxygens (including phenoxy) is 1. The van der Waals surface area contributed by atoms with Crippen molar-refractivity contribution < 1.29 is 19.1 Å². The Morgan fingerprint density at radius 1 is 1.06 bits per heavy atom. The Labute approximate surface area is 108 Å². The summed E-state index contributed by atoms with van der Waals surface area (Å²) < 4.78 is 4.78. The molecule has 0 saturated heterocycles. The number of esters is 1. The molecular weight excluding hydrogens is 232 g/mol. The lowest BCUT2D eigenvalue weighted by molar-refractivity contribution is -0.152. The molecule has 0 aliphatic rings. The molecule has 0 aliphatic heterocycles. The minimum atomic E-state index is -0.237. The predicted octanol–water partition coefficient (Wildman–Crippen LogP) is 2.56. The van der Waals surface area contributed by atoms with Crippen LogP contribution in [0.3, 0.4) is 0 Å². The lowest BCUT2D eigenvalue weighted by Gasteiger charge is -2.01. The van der Waals surface area contributed by atoms with Crippen molar-refractivity contribution in [1.29, 1.82) is 0 Å². The zero-order chi connectivity index (χ0) is 13.6. The summed E-state index contributed by atoms with van der Waals surface area (Å²) in [4.78, 5) is 25.1. The second-order valence-electron chi connectivity index (χ2n) is 4.25. The first-order chi connectivity index (χ1) is 8.66. The molecule has 0 fully saturated rings. The highest BCUT2D eigenvalue weighted by molar-refractivity contribution is 5.75. The van der Waals surface area contributed by atoms with Gasteiger partial charge in [-0.15, -0.1) is 0 Å². The lowest BCUT2D eigenvalue weighted by atomic mass is 10.1. The van der Waals surface area contributed by atoms with Crippen molar-refractivity contribution in [2.45, 2.75) is 58.3 Å². The minimum absolute atomic E-state index is 0.0343. The van der Waals surface area contributed by atoms with Gasteiger partial charge in [0.25, 0.3) is 13.4 Å². The zero-order valence-corrected chi connectivity index (χ0v) is 11.2. The standard InChI is InChI=1S/C13H23N2O3/c1-12(16)9-7-5-3-4-6-8-10-13(17)18-11-15-14-2/h2-11H2,1H3/q+1. The van der Waals surface area contributed by atoms with Gasteiger partial charge in [-0.25, -0.2) is 0 Å². The Balaban J connectivity index is 3.22. The van der Waals surface area contributed by atoms with Crippen LogP contribution in [-0.2, 0) is 14.3 Å². The molecule has 0 spiro atoms. The van der Waals surface area contributed by atoms with Crippen LogP contribution in [0.25, 0.3) is 0 Å². The minimum Gasteiger partial charge on any atom is -0.435 e. The molecule has 5 nitrogen and oxygen atoms in total. The Morgan fingerprint density at radius 2 is 1.61 bits per heavy atom. The average molecular weight is 255 g/mol. The van der Waals surface area contributed by atoms with Gasteiger partial charge in [-0.3, -0.25) is 4.79 Å². The van der Waals surface area contributed by atoms with Gasteiger partial charge in [0.2, 0.25) is 0 Å². The summed E-state index contributed by atoms with van der Waals surface area (Å²) in [6.07, 6.45) is 7.27. The molecule has 0 aromatic heterocycles. The molecule has 0 rings (SSSR count). The maximum atomic E-state index is 11.1. The van der Waals surface area contributed by atoms with E-state index in [0.717, 1.165) is 38.5 Å². The number of hydrogen-bond donors (Lipinski definition) is 0. The Bertz CT molecular complexity index is 297. The number of ketones is 1. The SMILES string of the molecule is C=[N+]=NCOC(=O)CCCCCCCCC(C)=O. The monoisotopic (exact) mass is 255 g/mol. The van der Waals surface area contributed by atoms with Gasteiger partial charge in [0, 0.05) is 17.6 Å². The highest BCUT2D eigenvalue weighted by Crippen LogP contribution is 2.09. The summed E-state index contributed by atoms with van der Waals surface area (Å²) in [5.74, 6) is 0.0242. The summed E-state index contributed by atoms with van der Waals surface area (Å²) in [6, 6.07) is 0. The van der Waals surface area contributed by atoms with Crippen molar-refractivity contribution in [2.24, 2.45) is 5.11 Å². The fourth-order valence-electron chi connectivity index (χ4n) is 1.56. The van der Waals surface area contributed by atoms with E-state index in [4.69, 9.17) is 4.74 Å². The van der Waals surface area contributed by atoms with Crippen LogP contribution in [0.1, 0.15) is 58.3 Å². The van der Waals surface area contributed by atoms with Crippen molar-refractivity contribution in [3.63, 3.8) is 0 Å². The molecule has 0 radical (unpaired) electrons. The third-order valence-corrected chi connectivity index (χ3v) is 2.54. The molecule has 0 aromatic carbocycles. The van der Waals surface area contributed by atoms with Crippen LogP contribution in [0.2, 0.25) is 0 Å². The van der Waals surface area contributed by atoms with Crippen LogP contribution in [-0.4, -0.2) is 30.0 Å². The summed E-state index contributed by atoms with van der Waals surface area (Å²) in [6.45, 7) is 4.74. The zero-order valence-electron chi connectivity index (χ0n) is 11.2. The Kier molecular flexibility index (Phi) is 11.0. The van der Waals surface area contributed by atoms with Crippen molar-refractivity contribution in [2.75, 3.05) is 6.73 Å². The van der Waals surface area contributed by atoms with Gasteiger partial charge < -0.3 is 9.53 Å². The average Bonchev–Trinajstić information content (AvgIpc) is 2.32. The largest absolute Gasteiger partial charge is 0.435 e. The molecule has 0 saturated carbocycles. The molecule has 0 unspecified atom stereocenters. The molecule has 0 heterocycles. The summed E-state index contributed by atoms with van der Waals surface area (Å²) in [7, 11) is 0. The second kappa shape index (κ2) is 12.0. The van der Waals surface area contributed by atoms with E-state index >= 15 is 0 Å². The Morgan fingerprint density at radius 3 is 2.17 bits per heavy atom. The van der Waals surface area contributed by atoms with Crippen LogP contribution < -0.4 is 0 Å². The summed E-state index contributed by atoms with van der Waals surface area (Å²) in [5, 5.41) is 3.45. The van der Waals surface area contributed by atoms with Gasteiger partial charge >= 0.3 is 5.97 Å². The molecular formula is C13H23N2O3+. The van der Waals surface area contributed by atoms with Gasteiger partial charge in [0.15, 0.2) is 0 Å². The third kappa shape index (κ3) is 12.6. The number of hydrogen-bond acceptors (Lipinski definition) is 4. The molecule has 0 aliphatic carbocycles. The maximum Gasteiger partial charge on any atom is 0.307 e. The first-order valence-corrected chi connectivity index (χ1v) is 6.44. The van der Waals surface area contributed by atoms with E-state index in [1.807, 2.05) is 0 Å². The number of nitrogens with zero attached hydrogens (tertiary/aromatic N) is 2. The smallest absolute Gasteiger partial charge is 0.307 e. The molecule has 18 heavy (non-hydrogen) atoms. The van der Waals surface area contributed by atoms with Crippen LogP contribution in [0.5, 0.6) is 0 Å². The highest BCUT2D eigenvalue weighted by Gasteiger charge is 2.02. The second-order valence-corrected chi connectivity index (χ2v) is 4.25. The fourth-order valence-corrected chi connectivity index (χ4v) is 1.56. The van der Waals surface area contributed by atoms with Gasteiger partial charge in [0.05, 0.1) is 0 Å². The highest BCUT2D eigenvalue weighted by atomic mass is 16.5. The van der Waals surface area contributed by atoms with Crippen molar-refractivity contribution in [3.05, 3.63) is 0 Å². The number of unbranched alkanes of at least 4 members (excludes halogenated alkanes) is 5. The van der Waals surface area contributed by atoms with E-state index in [1.165, 1.54) is 0 Å². The van der Waals surface area contributed by atoms with E-state index in [0.29, 0.717) is 12.8 Å². The normalized spacial score (nSPS) is 9.61. The van der Waals surface area contributed by atoms with Gasteiger partial charge in [-0.05, 0) is 19.8 Å². The number of carbonyl (C=O) groups is 2. The number of Topliss-reactive ketones (excluding diaryl/α,β-unsaturated/α-hetero) is 1. The van der Waals surface area contributed by atoms with Crippen LogP contribution >= 0.6 is 0 Å². The molecule has 0 atom stereocenters. The molecule has 102 valence electrons. The first kappa shape index (κ1) is 16.5. The summed E-state index contributed by atoms with van der Waals surface area (Å²) >= 11 is 0. The first-order valence-electron chi connectivity index (χ1n) is 6.44. The van der Waals surface area contributed by atoms with Crippen LogP contribution in [0.4, 0.5) is 0 Å². The molecule has 0 N–H and O–H groups in total. The van der Waals surface area contributed by atoms with Crippen LogP contribution in [0.15, 0.2) is 5.11 Å². The van der Waals surface area contributed by atoms with Gasteiger partial charge in [0.1, 0.15) is 10.9 Å². The van der Waals surface area contributed by atoms with Crippen molar-refractivity contribution in [3.8, 4) is 0 Å². The molecule has 5 heteroatoms. The molecule has 0 aromatic rings. The number of rotatable bonds is 11. The molecule has 0 bridgehead atoms. The van der Waals surface area contributed by atoms with Gasteiger partial charge in [-0.1, -0.05) is 25.7 Å². The quantitative estimate of drug-likeness (QED) is 0.187. The van der Waals surface area contributed by atoms with Gasteiger partial charge in [-0.2, -0.15) is 0 Å². The van der Waals surface area contributed by atoms with E-state index in [-0.39, 0.29) is 18.5 Å². The molecule has 0 amide bonds. The maximum absolute atomic E-state index is 11.1. The van der Waals surface area contributed by atoms with E-state index < -0.39 is 0 Å². The van der Waals surface area contributed by atoms with Crippen molar-refractivity contribution in [1.82, 2.24) is 0 Å². The lowest BCUT2D eigenvalue weighted by Crippen LogP contribution is -2.04. The Hall–Kier alpha value is -1.48. The fraction of sp³-hybridized carbons (Fsp3) is 0.769. The van der Waals surface area contributed by atoms with Crippen molar-refractivity contribution >= 4 is 18.5 Å². The van der Waals surface area contributed by atoms with E-state index in [9.17, 15) is 9.59 Å². The van der Waals surface area contributed by atoms with E-state index in [2.05, 4.69) is 16.6 Å².